The number of hydrogen-bond acceptors (Lipinski definition) is 1. The Labute approximate surface area is 89.4 Å². The summed E-state index contributed by atoms with van der Waals surface area (Å²) >= 11 is 0. The van der Waals surface area contributed by atoms with Crippen LogP contribution in [0.5, 0.6) is 0 Å². The van der Waals surface area contributed by atoms with E-state index in [-0.39, 0.29) is 0 Å². The zero-order chi connectivity index (χ0) is 11.0. The third-order valence-electron chi connectivity index (χ3n) is 2.77. The zero-order valence-electron chi connectivity index (χ0n) is 10.5. The third kappa shape index (κ3) is 6.01. The van der Waals surface area contributed by atoms with Crippen LogP contribution in [0.3, 0.4) is 0 Å². The molecular weight excluding hydrogens is 172 g/mol. The summed E-state index contributed by atoms with van der Waals surface area (Å²) in [6, 6.07) is 0. The maximum atomic E-state index is 4.59. The van der Waals surface area contributed by atoms with Crippen molar-refractivity contribution in [3.05, 3.63) is 0 Å². The summed E-state index contributed by atoms with van der Waals surface area (Å²) < 4.78 is 0. The molecule has 0 aromatic carbocycles. The first-order valence-electron chi connectivity index (χ1n) is 5.80. The molecule has 1 unspecified atom stereocenters. The fraction of sp³-hybridized carbons (Fsp3) is 0.917. The molecule has 14 heavy (non-hydrogen) atoms. The molecule has 0 aromatic rings. The summed E-state index contributed by atoms with van der Waals surface area (Å²) in [5.74, 6) is 1.92. The molecule has 2 heteroatoms. The predicted octanol–water partition coefficient (Wildman–Crippen LogP) is 3.18. The zero-order valence-corrected chi connectivity index (χ0v) is 10.5. The highest BCUT2D eigenvalue weighted by molar-refractivity contribution is 5.79. The van der Waals surface area contributed by atoms with Crippen LogP contribution >= 0.6 is 0 Å². The van der Waals surface area contributed by atoms with Crippen molar-refractivity contribution in [1.82, 2.24) is 4.90 Å². The van der Waals surface area contributed by atoms with Crippen molar-refractivity contribution in [3.8, 4) is 0 Å². The monoisotopic (exact) mass is 198 g/mol. The fourth-order valence-corrected chi connectivity index (χ4v) is 1.32. The summed E-state index contributed by atoms with van der Waals surface area (Å²) in [6.07, 6.45) is 5.23. The van der Waals surface area contributed by atoms with Crippen LogP contribution in [0.2, 0.25) is 0 Å². The van der Waals surface area contributed by atoms with Crippen LogP contribution in [0, 0.1) is 5.92 Å². The van der Waals surface area contributed by atoms with Gasteiger partial charge in [-0.05, 0) is 19.3 Å². The van der Waals surface area contributed by atoms with Gasteiger partial charge in [0.25, 0.3) is 0 Å². The number of amidine groups is 1. The van der Waals surface area contributed by atoms with Gasteiger partial charge in [-0.25, -0.2) is 0 Å². The molecule has 0 radical (unpaired) electrons. The van der Waals surface area contributed by atoms with Crippen LogP contribution in [0.25, 0.3) is 0 Å². The lowest BCUT2D eigenvalue weighted by atomic mass is 10.00. The fourth-order valence-electron chi connectivity index (χ4n) is 1.32. The third-order valence-corrected chi connectivity index (χ3v) is 2.77. The first-order valence-corrected chi connectivity index (χ1v) is 5.80. The van der Waals surface area contributed by atoms with Crippen molar-refractivity contribution in [2.45, 2.75) is 46.5 Å². The Hall–Kier alpha value is -0.530. The number of aliphatic imine (C=N–C) groups is 1. The Morgan fingerprint density at radius 2 is 1.93 bits per heavy atom. The van der Waals surface area contributed by atoms with Gasteiger partial charge in [0.2, 0.25) is 0 Å². The van der Waals surface area contributed by atoms with E-state index >= 15 is 0 Å². The van der Waals surface area contributed by atoms with Gasteiger partial charge in [0.1, 0.15) is 0 Å². The molecule has 0 amide bonds. The Morgan fingerprint density at radius 1 is 1.29 bits per heavy atom. The number of unbranched alkanes of at least 4 members (excludes halogenated alkanes) is 1. The molecule has 0 bridgehead atoms. The van der Waals surface area contributed by atoms with Crippen molar-refractivity contribution in [2.75, 3.05) is 20.6 Å². The summed E-state index contributed by atoms with van der Waals surface area (Å²) in [6.45, 7) is 7.59. The van der Waals surface area contributed by atoms with Gasteiger partial charge in [0.15, 0.2) is 0 Å². The minimum absolute atomic E-state index is 0.782. The van der Waals surface area contributed by atoms with E-state index < -0.39 is 0 Å². The Bertz CT molecular complexity index is 162. The van der Waals surface area contributed by atoms with Gasteiger partial charge in [0.05, 0.1) is 5.84 Å². The van der Waals surface area contributed by atoms with Gasteiger partial charge >= 0.3 is 0 Å². The smallest absolute Gasteiger partial charge is 0.0952 e. The summed E-state index contributed by atoms with van der Waals surface area (Å²) in [5.41, 5.74) is 0. The average molecular weight is 198 g/mol. The molecule has 0 N–H and O–H groups in total. The SMILES string of the molecule is CCCCC(CC)CN=C(C)N(C)C. The molecule has 0 spiro atoms. The highest BCUT2D eigenvalue weighted by Gasteiger charge is 2.04. The average Bonchev–Trinajstić information content (AvgIpc) is 2.17. The van der Waals surface area contributed by atoms with Crippen molar-refractivity contribution in [1.29, 1.82) is 0 Å². The van der Waals surface area contributed by atoms with E-state index in [1.54, 1.807) is 0 Å². The van der Waals surface area contributed by atoms with Crippen LogP contribution in [0.15, 0.2) is 4.99 Å². The molecule has 0 saturated carbocycles. The van der Waals surface area contributed by atoms with Gasteiger partial charge in [-0.15, -0.1) is 0 Å². The summed E-state index contributed by atoms with van der Waals surface area (Å²) in [5, 5.41) is 0. The minimum atomic E-state index is 0.782. The van der Waals surface area contributed by atoms with E-state index in [1.165, 1.54) is 25.7 Å². The van der Waals surface area contributed by atoms with Crippen molar-refractivity contribution < 1.29 is 0 Å². The van der Waals surface area contributed by atoms with E-state index in [2.05, 4.69) is 30.7 Å². The highest BCUT2D eigenvalue weighted by atomic mass is 15.1. The van der Waals surface area contributed by atoms with Gasteiger partial charge < -0.3 is 4.90 Å². The molecule has 0 aliphatic rings. The van der Waals surface area contributed by atoms with Crippen LogP contribution < -0.4 is 0 Å². The molecular formula is C12H26N2. The van der Waals surface area contributed by atoms with E-state index in [9.17, 15) is 0 Å². The van der Waals surface area contributed by atoms with Crippen LogP contribution in [-0.4, -0.2) is 31.4 Å². The second-order valence-corrected chi connectivity index (χ2v) is 4.20. The maximum absolute atomic E-state index is 4.59. The molecule has 0 heterocycles. The van der Waals surface area contributed by atoms with E-state index in [1.807, 2.05) is 14.1 Å². The molecule has 0 aliphatic carbocycles. The summed E-state index contributed by atoms with van der Waals surface area (Å²) in [4.78, 5) is 6.67. The topological polar surface area (TPSA) is 15.6 Å². The van der Waals surface area contributed by atoms with Gasteiger partial charge in [-0.2, -0.15) is 0 Å². The van der Waals surface area contributed by atoms with Crippen molar-refractivity contribution in [3.63, 3.8) is 0 Å². The molecule has 1 atom stereocenters. The number of nitrogens with zero attached hydrogens (tertiary/aromatic N) is 2. The number of rotatable bonds is 6. The largest absolute Gasteiger partial charge is 0.367 e. The lowest BCUT2D eigenvalue weighted by Gasteiger charge is -2.15. The second kappa shape index (κ2) is 7.84. The molecule has 0 aromatic heterocycles. The molecule has 0 rings (SSSR count). The van der Waals surface area contributed by atoms with Crippen LogP contribution in [-0.2, 0) is 0 Å². The first-order chi connectivity index (χ1) is 6.61. The lowest BCUT2D eigenvalue weighted by Crippen LogP contribution is -2.19. The van der Waals surface area contributed by atoms with Crippen molar-refractivity contribution >= 4 is 5.84 Å². The predicted molar refractivity (Wildman–Crippen MR) is 65.0 cm³/mol. The standard InChI is InChI=1S/C12H26N2/c1-6-8-9-12(7-2)10-13-11(3)14(4)5/h12H,6-10H2,1-5H3. The molecule has 0 fully saturated rings. The number of hydrogen-bond donors (Lipinski definition) is 0. The Kier molecular flexibility index (Phi) is 7.54. The molecule has 84 valence electrons. The summed E-state index contributed by atoms with van der Waals surface area (Å²) in [7, 11) is 4.09. The Balaban J connectivity index is 3.87. The van der Waals surface area contributed by atoms with Gasteiger partial charge in [-0.1, -0.05) is 33.1 Å². The highest BCUT2D eigenvalue weighted by Crippen LogP contribution is 2.12. The molecule has 2 nitrogen and oxygen atoms in total. The minimum Gasteiger partial charge on any atom is -0.367 e. The van der Waals surface area contributed by atoms with Crippen LogP contribution in [0.1, 0.15) is 46.5 Å². The lowest BCUT2D eigenvalue weighted by molar-refractivity contribution is 0.459. The second-order valence-electron chi connectivity index (χ2n) is 4.20. The molecule has 0 aliphatic heterocycles. The van der Waals surface area contributed by atoms with Gasteiger partial charge in [0, 0.05) is 20.6 Å². The van der Waals surface area contributed by atoms with E-state index in [4.69, 9.17) is 0 Å². The van der Waals surface area contributed by atoms with E-state index in [0.29, 0.717) is 0 Å². The van der Waals surface area contributed by atoms with Crippen LogP contribution in [0.4, 0.5) is 0 Å². The molecule has 0 saturated heterocycles. The quantitative estimate of drug-likeness (QED) is 0.473. The first kappa shape index (κ1) is 13.5. The maximum Gasteiger partial charge on any atom is 0.0952 e. The van der Waals surface area contributed by atoms with E-state index in [0.717, 1.165) is 18.3 Å². The normalized spacial score (nSPS) is 14.2. The van der Waals surface area contributed by atoms with Crippen molar-refractivity contribution in [2.24, 2.45) is 10.9 Å². The Morgan fingerprint density at radius 3 is 2.36 bits per heavy atom. The van der Waals surface area contributed by atoms with Gasteiger partial charge in [-0.3, -0.25) is 4.99 Å².